The molecule has 0 unspecified atom stereocenters. The molecule has 2 aliphatic rings. The lowest BCUT2D eigenvalue weighted by atomic mass is 9.92. The molecule has 4 heteroatoms. The van der Waals surface area contributed by atoms with Crippen molar-refractivity contribution in [2.45, 2.75) is 13.0 Å². The lowest BCUT2D eigenvalue weighted by Gasteiger charge is -2.10. The van der Waals surface area contributed by atoms with E-state index in [1.54, 1.807) is 0 Å². The summed E-state index contributed by atoms with van der Waals surface area (Å²) < 4.78 is 2.03. The van der Waals surface area contributed by atoms with Gasteiger partial charge in [0.05, 0.1) is 11.1 Å². The minimum Gasteiger partial charge on any atom is -0.354 e. The second kappa shape index (κ2) is 5.45. The van der Waals surface area contributed by atoms with Crippen LogP contribution in [0.5, 0.6) is 0 Å². The third-order valence-corrected chi connectivity index (χ3v) is 6.20. The molecule has 0 bridgehead atoms. The zero-order valence-corrected chi connectivity index (χ0v) is 16.6. The van der Waals surface area contributed by atoms with E-state index >= 15 is 0 Å². The number of carbonyl (C=O) groups excluding carboxylic acids is 1. The van der Waals surface area contributed by atoms with Gasteiger partial charge < -0.3 is 10.3 Å². The molecule has 3 nitrogen and oxygen atoms in total. The zero-order valence-electron chi connectivity index (χ0n) is 14.4. The average Bonchev–Trinajstić information content (AvgIpc) is 3.34. The molecule has 0 fully saturated rings. The van der Waals surface area contributed by atoms with Crippen LogP contribution in [0.25, 0.3) is 39.0 Å². The summed E-state index contributed by atoms with van der Waals surface area (Å²) >= 11 is 2.25. The molecule has 1 aliphatic heterocycles. The Labute approximate surface area is 169 Å². The van der Waals surface area contributed by atoms with Crippen molar-refractivity contribution in [1.82, 2.24) is 10.3 Å². The lowest BCUT2D eigenvalue weighted by molar-refractivity contribution is 0.0967. The van der Waals surface area contributed by atoms with Crippen LogP contribution in [0.3, 0.4) is 0 Å². The molecule has 0 saturated carbocycles. The van der Waals surface area contributed by atoms with Gasteiger partial charge in [-0.3, -0.25) is 4.79 Å². The highest BCUT2D eigenvalue weighted by Gasteiger charge is 2.33. The molecular formula is C23H15IN2O. The van der Waals surface area contributed by atoms with E-state index in [4.69, 9.17) is 0 Å². The van der Waals surface area contributed by atoms with Crippen LogP contribution < -0.4 is 5.32 Å². The van der Waals surface area contributed by atoms with Gasteiger partial charge in [-0.25, -0.2) is 0 Å². The summed E-state index contributed by atoms with van der Waals surface area (Å²) in [5.41, 5.74) is 10.6. The summed E-state index contributed by atoms with van der Waals surface area (Å²) in [6.45, 7) is 0.609. The number of hydrogen-bond acceptors (Lipinski definition) is 1. The fraction of sp³-hybridized carbons (Fsp3) is 0.0870. The number of para-hydroxylation sites is 1. The summed E-state index contributed by atoms with van der Waals surface area (Å²) in [7, 11) is 0. The quantitative estimate of drug-likeness (QED) is 0.316. The van der Waals surface area contributed by atoms with Crippen LogP contribution in [-0.2, 0) is 13.0 Å². The van der Waals surface area contributed by atoms with Crippen molar-refractivity contribution < 1.29 is 4.79 Å². The molecule has 1 aromatic heterocycles. The predicted octanol–water partition coefficient (Wildman–Crippen LogP) is 5.54. The highest BCUT2D eigenvalue weighted by molar-refractivity contribution is 14.1. The molecule has 0 spiro atoms. The number of fused-ring (bicyclic) bond motifs is 10. The molecule has 2 N–H and O–H groups in total. The average molecular weight is 462 g/mol. The van der Waals surface area contributed by atoms with Gasteiger partial charge in [-0.05, 0) is 55.7 Å². The van der Waals surface area contributed by atoms with Gasteiger partial charge in [0.1, 0.15) is 0 Å². The first-order chi connectivity index (χ1) is 13.3. The molecule has 1 aliphatic carbocycles. The van der Waals surface area contributed by atoms with Gasteiger partial charge in [-0.2, -0.15) is 0 Å². The Hall–Kier alpha value is -2.60. The molecule has 0 atom stereocenters. The standard InChI is InChI=1S/C23H15IN2O/c24-8-7-12-5-6-13-10-16-19(15(13)9-12)17-11-25-23(27)21(17)20-14-3-1-2-4-18(14)26-22(16)20/h1-9,26H,10-11H2,(H,25,27)/b8-7+. The normalized spacial score (nSPS) is 14.8. The molecule has 4 aromatic rings. The van der Waals surface area contributed by atoms with Crippen LogP contribution in [0.1, 0.15) is 32.6 Å². The number of rotatable bonds is 1. The molecule has 2 heterocycles. The number of aromatic nitrogens is 1. The van der Waals surface area contributed by atoms with Crippen molar-refractivity contribution in [3.8, 4) is 11.1 Å². The van der Waals surface area contributed by atoms with Crippen molar-refractivity contribution in [2.24, 2.45) is 0 Å². The van der Waals surface area contributed by atoms with Gasteiger partial charge in [-0.15, -0.1) is 0 Å². The smallest absolute Gasteiger partial charge is 0.252 e. The second-order valence-electron chi connectivity index (χ2n) is 7.20. The zero-order chi connectivity index (χ0) is 18.1. The van der Waals surface area contributed by atoms with Crippen molar-refractivity contribution in [1.29, 1.82) is 0 Å². The largest absolute Gasteiger partial charge is 0.354 e. The Morgan fingerprint density at radius 1 is 1.04 bits per heavy atom. The molecule has 0 radical (unpaired) electrons. The summed E-state index contributed by atoms with van der Waals surface area (Å²) in [6.07, 6.45) is 3.02. The maximum Gasteiger partial charge on any atom is 0.252 e. The van der Waals surface area contributed by atoms with E-state index in [1.807, 2.05) is 16.2 Å². The number of halogens is 1. The highest BCUT2D eigenvalue weighted by atomic mass is 127. The van der Waals surface area contributed by atoms with E-state index in [1.165, 1.54) is 27.8 Å². The van der Waals surface area contributed by atoms with E-state index < -0.39 is 0 Å². The monoisotopic (exact) mass is 462 g/mol. The Bertz CT molecular complexity index is 1330. The predicted molar refractivity (Wildman–Crippen MR) is 118 cm³/mol. The number of H-pyrrole nitrogens is 1. The Balaban J connectivity index is 1.78. The minimum atomic E-state index is 0.0410. The maximum absolute atomic E-state index is 12.8. The summed E-state index contributed by atoms with van der Waals surface area (Å²) in [4.78, 5) is 16.4. The van der Waals surface area contributed by atoms with Crippen LogP contribution in [0, 0.1) is 0 Å². The van der Waals surface area contributed by atoms with Gasteiger partial charge in [0, 0.05) is 29.3 Å². The Morgan fingerprint density at radius 2 is 1.93 bits per heavy atom. The van der Waals surface area contributed by atoms with E-state index in [0.29, 0.717) is 6.54 Å². The number of hydrogen-bond donors (Lipinski definition) is 2. The molecule has 0 saturated heterocycles. The van der Waals surface area contributed by atoms with Gasteiger partial charge >= 0.3 is 0 Å². The topological polar surface area (TPSA) is 44.9 Å². The van der Waals surface area contributed by atoms with Crippen LogP contribution >= 0.6 is 22.6 Å². The number of aromatic amines is 1. The SMILES string of the molecule is O=C1NCc2c3c(c4[nH]c5ccccc5c4c21)Cc1ccc(/C=C/I)cc1-3. The molecule has 1 amide bonds. The third-order valence-electron chi connectivity index (χ3n) is 5.84. The first-order valence-corrected chi connectivity index (χ1v) is 10.3. The lowest BCUT2D eigenvalue weighted by Crippen LogP contribution is -2.12. The fourth-order valence-corrected chi connectivity index (χ4v) is 5.16. The van der Waals surface area contributed by atoms with E-state index in [0.717, 1.165) is 39.4 Å². The van der Waals surface area contributed by atoms with Gasteiger partial charge in [0.25, 0.3) is 5.91 Å². The van der Waals surface area contributed by atoms with Gasteiger partial charge in [-0.1, -0.05) is 52.9 Å². The highest BCUT2D eigenvalue weighted by Crippen LogP contribution is 2.47. The van der Waals surface area contributed by atoms with Gasteiger partial charge in [0.15, 0.2) is 0 Å². The number of benzene rings is 3. The summed E-state index contributed by atoms with van der Waals surface area (Å²) in [5.74, 6) is 0.0410. The Kier molecular flexibility index (Phi) is 3.12. The fourth-order valence-electron chi connectivity index (χ4n) is 4.75. The first kappa shape index (κ1) is 15.5. The molecular weight excluding hydrogens is 447 g/mol. The number of nitrogens with one attached hydrogen (secondary N) is 2. The third kappa shape index (κ3) is 1.99. The van der Waals surface area contributed by atoms with Crippen molar-refractivity contribution in [3.05, 3.63) is 74.4 Å². The van der Waals surface area contributed by atoms with E-state index in [2.05, 4.69) is 69.3 Å². The van der Waals surface area contributed by atoms with Crippen LogP contribution in [0.15, 0.2) is 46.5 Å². The van der Waals surface area contributed by atoms with Crippen LogP contribution in [0.4, 0.5) is 0 Å². The second-order valence-corrected chi connectivity index (χ2v) is 7.92. The molecule has 6 rings (SSSR count). The Morgan fingerprint density at radius 3 is 2.81 bits per heavy atom. The summed E-state index contributed by atoms with van der Waals surface area (Å²) in [6, 6.07) is 14.9. The number of carbonyl (C=O) groups is 1. The summed E-state index contributed by atoms with van der Waals surface area (Å²) in [5, 5.41) is 5.27. The first-order valence-electron chi connectivity index (χ1n) is 9.02. The minimum absolute atomic E-state index is 0.0410. The maximum atomic E-state index is 12.8. The number of amides is 1. The molecule has 3 aromatic carbocycles. The van der Waals surface area contributed by atoms with E-state index in [9.17, 15) is 4.79 Å². The van der Waals surface area contributed by atoms with Crippen LogP contribution in [-0.4, -0.2) is 10.9 Å². The van der Waals surface area contributed by atoms with Crippen molar-refractivity contribution >= 4 is 56.4 Å². The van der Waals surface area contributed by atoms with Crippen molar-refractivity contribution in [3.63, 3.8) is 0 Å². The van der Waals surface area contributed by atoms with Gasteiger partial charge in [0.2, 0.25) is 0 Å². The molecule has 130 valence electrons. The molecule has 27 heavy (non-hydrogen) atoms. The van der Waals surface area contributed by atoms with E-state index in [-0.39, 0.29) is 5.91 Å². The van der Waals surface area contributed by atoms with Crippen LogP contribution in [0.2, 0.25) is 0 Å². The van der Waals surface area contributed by atoms with Crippen molar-refractivity contribution in [2.75, 3.05) is 0 Å².